The number of rotatable bonds is 7. The second kappa shape index (κ2) is 12.8. The number of pyridine rings is 2. The van der Waals surface area contributed by atoms with Crippen molar-refractivity contribution >= 4 is 17.2 Å². The minimum atomic E-state index is 0. The number of phenols is 1. The minimum absolute atomic E-state index is 0. The predicted octanol–water partition coefficient (Wildman–Crippen LogP) is 8.94. The van der Waals surface area contributed by atoms with E-state index in [0.29, 0.717) is 11.3 Å². The van der Waals surface area contributed by atoms with Crippen LogP contribution >= 0.6 is 0 Å². The molecule has 4 nitrogen and oxygen atoms in total. The van der Waals surface area contributed by atoms with Crippen molar-refractivity contribution in [2.24, 2.45) is 0 Å². The summed E-state index contributed by atoms with van der Waals surface area (Å²) in [6.07, 6.45) is 1.81. The van der Waals surface area contributed by atoms with Crippen molar-refractivity contribution in [2.45, 2.75) is 12.8 Å². The van der Waals surface area contributed by atoms with Crippen LogP contribution in [-0.2, 0) is 21.1 Å². The van der Waals surface area contributed by atoms with Gasteiger partial charge in [0.05, 0.1) is 5.69 Å². The van der Waals surface area contributed by atoms with Crippen LogP contribution in [0, 0.1) is 6.07 Å². The average molecular weight is 714 g/mol. The van der Waals surface area contributed by atoms with E-state index in [4.69, 9.17) is 9.97 Å². The molecule has 1 atom stereocenters. The van der Waals surface area contributed by atoms with Gasteiger partial charge in [0.1, 0.15) is 11.6 Å². The van der Waals surface area contributed by atoms with Gasteiger partial charge in [0, 0.05) is 38.5 Å². The molecule has 204 valence electrons. The molecule has 1 unspecified atom stereocenters. The van der Waals surface area contributed by atoms with Crippen LogP contribution in [-0.4, -0.2) is 15.1 Å². The van der Waals surface area contributed by atoms with Gasteiger partial charge in [0.25, 0.3) is 0 Å². The number of benzene rings is 4. The van der Waals surface area contributed by atoms with Gasteiger partial charge in [-0.15, -0.1) is 23.8 Å². The summed E-state index contributed by atoms with van der Waals surface area (Å²) in [7, 11) is 0. The maximum atomic E-state index is 10.4. The van der Waals surface area contributed by atoms with Crippen LogP contribution in [0.1, 0.15) is 24.0 Å². The Bertz CT molecular complexity index is 1690. The summed E-state index contributed by atoms with van der Waals surface area (Å²) < 4.78 is 0. The molecular formula is C36H28N3OPt-. The molecule has 6 rings (SSSR count). The Morgan fingerprint density at radius 2 is 1.37 bits per heavy atom. The first-order valence-electron chi connectivity index (χ1n) is 13.3. The largest absolute Gasteiger partial charge is 0.507 e. The maximum absolute atomic E-state index is 10.4. The van der Waals surface area contributed by atoms with Crippen LogP contribution in [0.25, 0.3) is 22.5 Å². The van der Waals surface area contributed by atoms with Gasteiger partial charge in [-0.2, -0.15) is 0 Å². The first kappa shape index (κ1) is 28.0. The fourth-order valence-corrected chi connectivity index (χ4v) is 4.96. The third kappa shape index (κ3) is 5.99. The van der Waals surface area contributed by atoms with Crippen LogP contribution in [0.2, 0.25) is 0 Å². The molecule has 0 amide bonds. The Morgan fingerprint density at radius 3 is 2.10 bits per heavy atom. The number of phenolic OH excluding ortho intramolecular Hbond substituents is 1. The third-order valence-corrected chi connectivity index (χ3v) is 7.04. The van der Waals surface area contributed by atoms with E-state index in [1.807, 2.05) is 85.1 Å². The van der Waals surface area contributed by atoms with Crippen molar-refractivity contribution in [3.8, 4) is 28.3 Å². The molecule has 0 radical (unpaired) electrons. The molecule has 2 aromatic heterocycles. The molecular weight excluding hydrogens is 685 g/mol. The van der Waals surface area contributed by atoms with Crippen molar-refractivity contribution in [1.29, 1.82) is 0 Å². The quantitative estimate of drug-likeness (QED) is 0.168. The van der Waals surface area contributed by atoms with Crippen LogP contribution in [0.5, 0.6) is 5.75 Å². The molecule has 1 N–H and O–H groups in total. The van der Waals surface area contributed by atoms with Crippen LogP contribution < -0.4 is 4.90 Å². The van der Waals surface area contributed by atoms with E-state index in [1.54, 1.807) is 6.07 Å². The Kier molecular flexibility index (Phi) is 8.72. The summed E-state index contributed by atoms with van der Waals surface area (Å²) in [6.45, 7) is 2.22. The molecule has 0 fully saturated rings. The number of anilines is 3. The Labute approximate surface area is 255 Å². The zero-order valence-electron chi connectivity index (χ0n) is 22.5. The number of aromatic nitrogens is 2. The summed E-state index contributed by atoms with van der Waals surface area (Å²) in [6, 6.07) is 47.8. The molecule has 0 saturated heterocycles. The first-order chi connectivity index (χ1) is 19.7. The molecule has 41 heavy (non-hydrogen) atoms. The molecule has 4 aromatic carbocycles. The van der Waals surface area contributed by atoms with Crippen molar-refractivity contribution in [3.05, 3.63) is 157 Å². The normalized spacial score (nSPS) is 11.3. The second-order valence-electron chi connectivity index (χ2n) is 9.59. The van der Waals surface area contributed by atoms with Gasteiger partial charge >= 0.3 is 0 Å². The summed E-state index contributed by atoms with van der Waals surface area (Å²) in [4.78, 5) is 11.8. The molecule has 0 bridgehead atoms. The van der Waals surface area contributed by atoms with Gasteiger partial charge in [-0.05, 0) is 65.3 Å². The number of nitrogens with zero attached hydrogens (tertiary/aromatic N) is 3. The molecule has 6 aromatic rings. The summed E-state index contributed by atoms with van der Waals surface area (Å²) in [5.41, 5.74) is 7.28. The monoisotopic (exact) mass is 713 g/mol. The Hall–Kier alpha value is -4.53. The van der Waals surface area contributed by atoms with Crippen molar-refractivity contribution < 1.29 is 26.2 Å². The zero-order valence-corrected chi connectivity index (χ0v) is 24.7. The van der Waals surface area contributed by atoms with Gasteiger partial charge < -0.3 is 10.0 Å². The number of aromatic hydroxyl groups is 1. The topological polar surface area (TPSA) is 49.3 Å². The molecule has 0 aliphatic rings. The molecule has 0 aliphatic carbocycles. The second-order valence-corrected chi connectivity index (χ2v) is 9.59. The van der Waals surface area contributed by atoms with Crippen LogP contribution in [0.4, 0.5) is 17.2 Å². The van der Waals surface area contributed by atoms with E-state index in [1.165, 1.54) is 5.56 Å². The molecule has 0 saturated carbocycles. The molecule has 0 aliphatic heterocycles. The van der Waals surface area contributed by atoms with E-state index in [-0.39, 0.29) is 32.7 Å². The van der Waals surface area contributed by atoms with Gasteiger partial charge in [0.15, 0.2) is 0 Å². The Morgan fingerprint density at radius 1 is 0.683 bits per heavy atom. The smallest absolute Gasteiger partial charge is 0.136 e. The predicted molar refractivity (Wildman–Crippen MR) is 162 cm³/mol. The van der Waals surface area contributed by atoms with Crippen LogP contribution in [0.3, 0.4) is 0 Å². The van der Waals surface area contributed by atoms with E-state index < -0.39 is 0 Å². The van der Waals surface area contributed by atoms with E-state index >= 15 is 0 Å². The standard InChI is InChI=1S/C36H28N3O.Pt/c1-26(27-13-4-2-5-14-27)30-23-22-28(32-18-12-19-33(38-32)31-17-8-9-20-35(31)40)25-34(30)39(29-15-6-3-7-16-29)36-21-10-11-24-37-36;/h2-24,26,40H,1H3;/q-1;. The maximum Gasteiger partial charge on any atom is 0.136 e. The van der Waals surface area contributed by atoms with Crippen LogP contribution in [0.15, 0.2) is 140 Å². The van der Waals surface area contributed by atoms with Gasteiger partial charge in [0.2, 0.25) is 0 Å². The number of hydrogen-bond donors (Lipinski definition) is 1. The molecule has 0 spiro atoms. The summed E-state index contributed by atoms with van der Waals surface area (Å²) in [5.74, 6) is 1.12. The SMILES string of the molecule is CC(c1ccccc1)c1ccc(-c2cccc(-c3ccccc3O)n2)[c-]c1N(c1ccccc1)c1ccccn1.[Pt]. The first-order valence-corrected chi connectivity index (χ1v) is 13.3. The fourth-order valence-electron chi connectivity index (χ4n) is 4.96. The Balaban J connectivity index is 0.00000337. The van der Waals surface area contributed by atoms with Gasteiger partial charge in [-0.25, -0.2) is 4.98 Å². The summed E-state index contributed by atoms with van der Waals surface area (Å²) >= 11 is 0. The fraction of sp³-hybridized carbons (Fsp3) is 0.0556. The van der Waals surface area contributed by atoms with Crippen molar-refractivity contribution in [1.82, 2.24) is 9.97 Å². The average Bonchev–Trinajstić information content (AvgIpc) is 3.03. The zero-order chi connectivity index (χ0) is 27.3. The van der Waals surface area contributed by atoms with E-state index in [9.17, 15) is 5.11 Å². The van der Waals surface area contributed by atoms with E-state index in [2.05, 4.69) is 66.4 Å². The van der Waals surface area contributed by atoms with Gasteiger partial charge in [-0.3, -0.25) is 4.98 Å². The number of hydrogen-bond acceptors (Lipinski definition) is 4. The minimum Gasteiger partial charge on any atom is -0.507 e. The third-order valence-electron chi connectivity index (χ3n) is 7.04. The number of para-hydroxylation sites is 2. The van der Waals surface area contributed by atoms with E-state index in [0.717, 1.165) is 34.0 Å². The van der Waals surface area contributed by atoms with Crippen molar-refractivity contribution in [3.63, 3.8) is 0 Å². The van der Waals surface area contributed by atoms with Gasteiger partial charge in [-0.1, -0.05) is 91.3 Å². The summed E-state index contributed by atoms with van der Waals surface area (Å²) in [5, 5.41) is 10.4. The molecule has 5 heteroatoms. The molecule has 2 heterocycles. The van der Waals surface area contributed by atoms with Crippen molar-refractivity contribution in [2.75, 3.05) is 4.90 Å².